The van der Waals surface area contributed by atoms with Crippen molar-refractivity contribution in [2.45, 2.75) is 25.5 Å². The molecule has 0 spiro atoms. The lowest BCUT2D eigenvalue weighted by Gasteiger charge is -2.46. The van der Waals surface area contributed by atoms with E-state index in [-0.39, 0.29) is 5.54 Å². The minimum absolute atomic E-state index is 0.157. The van der Waals surface area contributed by atoms with Crippen molar-refractivity contribution in [2.75, 3.05) is 25.1 Å². The summed E-state index contributed by atoms with van der Waals surface area (Å²) in [6.45, 7) is 5.49. The quantitative estimate of drug-likeness (QED) is 0.384. The Morgan fingerprint density at radius 3 is 2.47 bits per heavy atom. The molecule has 1 aliphatic heterocycles. The minimum atomic E-state index is -0.435. The lowest BCUT2D eigenvalue weighted by molar-refractivity contribution is 0.216. The zero-order valence-corrected chi connectivity index (χ0v) is 20.5. The number of H-pyrrole nitrogens is 1. The first-order valence-electron chi connectivity index (χ1n) is 10.8. The number of aromatic amines is 1. The van der Waals surface area contributed by atoms with Crippen LogP contribution in [-0.2, 0) is 0 Å². The fraction of sp³-hybridized carbons (Fsp3) is 0.292. The lowest BCUT2D eigenvalue weighted by atomic mass is 9.94. The SMILES string of the molecule is COc1cc2[nH]nc(-c3ccc(N4CC(C)(N)C4)nc3)c2cc1O[C@H](C)c1c(Cl)cncc1Cl. The van der Waals surface area contributed by atoms with Gasteiger partial charge in [-0.2, -0.15) is 5.10 Å². The van der Waals surface area contributed by atoms with Gasteiger partial charge in [-0.25, -0.2) is 4.98 Å². The number of rotatable bonds is 6. The molecule has 1 aromatic carbocycles. The Hall–Kier alpha value is -3.07. The highest BCUT2D eigenvalue weighted by Crippen LogP contribution is 2.40. The van der Waals surface area contributed by atoms with Crippen LogP contribution in [0.15, 0.2) is 42.9 Å². The molecule has 4 aromatic rings. The number of anilines is 1. The molecule has 5 rings (SSSR count). The molecule has 0 saturated carbocycles. The van der Waals surface area contributed by atoms with Gasteiger partial charge in [-0.1, -0.05) is 23.2 Å². The van der Waals surface area contributed by atoms with Crippen molar-refractivity contribution in [1.82, 2.24) is 20.2 Å². The smallest absolute Gasteiger partial charge is 0.162 e. The molecule has 0 unspecified atom stereocenters. The van der Waals surface area contributed by atoms with E-state index < -0.39 is 6.10 Å². The second-order valence-electron chi connectivity index (χ2n) is 8.81. The van der Waals surface area contributed by atoms with Crippen LogP contribution in [0.25, 0.3) is 22.2 Å². The molecule has 1 fully saturated rings. The molecule has 3 aromatic heterocycles. The number of methoxy groups -OCH3 is 1. The average Bonchev–Trinajstić information content (AvgIpc) is 3.19. The molecule has 34 heavy (non-hydrogen) atoms. The second-order valence-corrected chi connectivity index (χ2v) is 9.63. The highest BCUT2D eigenvalue weighted by atomic mass is 35.5. The summed E-state index contributed by atoms with van der Waals surface area (Å²) in [7, 11) is 1.59. The molecule has 3 N–H and O–H groups in total. The number of hydrogen-bond donors (Lipinski definition) is 2. The van der Waals surface area contributed by atoms with Crippen LogP contribution in [0.2, 0.25) is 10.0 Å². The number of aromatic nitrogens is 4. The van der Waals surface area contributed by atoms with Crippen LogP contribution in [0, 0.1) is 0 Å². The van der Waals surface area contributed by atoms with Gasteiger partial charge >= 0.3 is 0 Å². The fourth-order valence-electron chi connectivity index (χ4n) is 4.26. The Morgan fingerprint density at radius 2 is 1.85 bits per heavy atom. The molecule has 0 radical (unpaired) electrons. The average molecular weight is 499 g/mol. The van der Waals surface area contributed by atoms with Gasteiger partial charge in [-0.15, -0.1) is 0 Å². The summed E-state index contributed by atoms with van der Waals surface area (Å²) in [5.74, 6) is 2.01. The third-order valence-corrected chi connectivity index (χ3v) is 6.50. The maximum absolute atomic E-state index is 6.32. The summed E-state index contributed by atoms with van der Waals surface area (Å²) < 4.78 is 11.8. The standard InChI is InChI=1S/C24H24Cl2N6O2/c1-13(22-16(25)9-28-10-17(22)26)34-20-6-15-18(7-19(20)33-3)30-31-23(15)14-4-5-21(29-8-14)32-11-24(2,27)12-32/h4-10,13H,11-12,27H2,1-3H3,(H,30,31)/t13-/m1/s1. The number of pyridine rings is 2. The Kier molecular flexibility index (Phi) is 5.75. The van der Waals surface area contributed by atoms with E-state index in [2.05, 4.69) is 25.1 Å². The molecule has 0 aliphatic carbocycles. The molecule has 176 valence electrons. The number of nitrogens with zero attached hydrogens (tertiary/aromatic N) is 4. The summed E-state index contributed by atoms with van der Waals surface area (Å²) in [5.41, 5.74) is 9.09. The van der Waals surface area contributed by atoms with Crippen molar-refractivity contribution < 1.29 is 9.47 Å². The summed E-state index contributed by atoms with van der Waals surface area (Å²) in [5, 5.41) is 9.34. The van der Waals surface area contributed by atoms with E-state index in [1.54, 1.807) is 19.5 Å². The van der Waals surface area contributed by atoms with E-state index in [1.807, 2.05) is 44.3 Å². The van der Waals surface area contributed by atoms with Gasteiger partial charge in [0.25, 0.3) is 0 Å². The molecule has 8 nitrogen and oxygen atoms in total. The van der Waals surface area contributed by atoms with E-state index >= 15 is 0 Å². The summed E-state index contributed by atoms with van der Waals surface area (Å²) >= 11 is 12.6. The lowest BCUT2D eigenvalue weighted by Crippen LogP contribution is -2.65. The van der Waals surface area contributed by atoms with Crippen LogP contribution >= 0.6 is 23.2 Å². The van der Waals surface area contributed by atoms with E-state index in [1.165, 1.54) is 0 Å². The first-order chi connectivity index (χ1) is 16.3. The van der Waals surface area contributed by atoms with Crippen LogP contribution in [-0.4, -0.2) is 45.9 Å². The summed E-state index contributed by atoms with van der Waals surface area (Å²) in [6.07, 6.45) is 4.47. The molecule has 1 aliphatic rings. The first-order valence-corrected chi connectivity index (χ1v) is 11.5. The molecule has 1 atom stereocenters. The fourth-order valence-corrected chi connectivity index (χ4v) is 4.93. The maximum atomic E-state index is 6.32. The predicted octanol–water partition coefficient (Wildman–Crippen LogP) is 5.01. The number of fused-ring (bicyclic) bond motifs is 1. The zero-order chi connectivity index (χ0) is 24.0. The third kappa shape index (κ3) is 4.13. The van der Waals surface area contributed by atoms with E-state index in [4.69, 9.17) is 38.4 Å². The largest absolute Gasteiger partial charge is 0.493 e. The Labute approximate surface area is 207 Å². The van der Waals surface area contributed by atoms with Gasteiger partial charge in [0.05, 0.1) is 22.7 Å². The highest BCUT2D eigenvalue weighted by molar-refractivity contribution is 6.35. The van der Waals surface area contributed by atoms with Crippen LogP contribution in [0.3, 0.4) is 0 Å². The van der Waals surface area contributed by atoms with Crippen molar-refractivity contribution in [3.05, 3.63) is 58.5 Å². The first kappa shape index (κ1) is 22.7. The molecule has 10 heteroatoms. The number of benzene rings is 1. The number of ether oxygens (including phenoxy) is 2. The van der Waals surface area contributed by atoms with Gasteiger partial charge in [-0.3, -0.25) is 10.1 Å². The van der Waals surface area contributed by atoms with Crippen molar-refractivity contribution in [1.29, 1.82) is 0 Å². The van der Waals surface area contributed by atoms with Crippen LogP contribution in [0.5, 0.6) is 11.5 Å². The Morgan fingerprint density at radius 1 is 1.12 bits per heavy atom. The van der Waals surface area contributed by atoms with Crippen molar-refractivity contribution in [3.8, 4) is 22.8 Å². The number of nitrogens with one attached hydrogen (secondary N) is 1. The zero-order valence-electron chi connectivity index (χ0n) is 19.0. The van der Waals surface area contributed by atoms with Gasteiger partial charge in [0.2, 0.25) is 0 Å². The predicted molar refractivity (Wildman–Crippen MR) is 134 cm³/mol. The minimum Gasteiger partial charge on any atom is -0.493 e. The van der Waals surface area contributed by atoms with Gasteiger partial charge in [-0.05, 0) is 32.0 Å². The topological polar surface area (TPSA) is 102 Å². The van der Waals surface area contributed by atoms with E-state index in [9.17, 15) is 0 Å². The molecular weight excluding hydrogens is 475 g/mol. The van der Waals surface area contributed by atoms with Crippen LogP contribution < -0.4 is 20.1 Å². The molecule has 0 amide bonds. The Balaban J connectivity index is 1.47. The third-order valence-electron chi connectivity index (χ3n) is 5.90. The number of nitrogens with two attached hydrogens (primary N) is 1. The molecule has 1 saturated heterocycles. The molecule has 4 heterocycles. The van der Waals surface area contributed by atoms with Gasteiger partial charge < -0.3 is 20.1 Å². The van der Waals surface area contributed by atoms with Crippen molar-refractivity contribution >= 4 is 39.9 Å². The van der Waals surface area contributed by atoms with Crippen LogP contribution in [0.4, 0.5) is 5.82 Å². The normalized spacial score (nSPS) is 15.8. The van der Waals surface area contributed by atoms with E-state index in [0.29, 0.717) is 27.1 Å². The Bertz CT molecular complexity index is 1330. The van der Waals surface area contributed by atoms with Gasteiger partial charge in [0.1, 0.15) is 17.6 Å². The van der Waals surface area contributed by atoms with Crippen molar-refractivity contribution in [2.24, 2.45) is 5.73 Å². The highest BCUT2D eigenvalue weighted by Gasteiger charge is 2.35. The van der Waals surface area contributed by atoms with E-state index in [0.717, 1.165) is 41.1 Å². The van der Waals surface area contributed by atoms with Gasteiger partial charge in [0.15, 0.2) is 11.5 Å². The van der Waals surface area contributed by atoms with Crippen LogP contribution in [0.1, 0.15) is 25.5 Å². The number of halogens is 2. The second kappa shape index (κ2) is 8.61. The number of hydrogen-bond acceptors (Lipinski definition) is 7. The van der Waals surface area contributed by atoms with Crippen molar-refractivity contribution in [3.63, 3.8) is 0 Å². The molecule has 0 bridgehead atoms. The summed E-state index contributed by atoms with van der Waals surface area (Å²) in [4.78, 5) is 10.8. The summed E-state index contributed by atoms with van der Waals surface area (Å²) in [6, 6.07) is 7.75. The maximum Gasteiger partial charge on any atom is 0.162 e. The van der Waals surface area contributed by atoms with Gasteiger partial charge in [0, 0.05) is 59.8 Å². The molecular formula is C24H24Cl2N6O2. The monoisotopic (exact) mass is 498 g/mol.